The molecular formula is C14H12Cl2N2OS2. The Morgan fingerprint density at radius 1 is 1.29 bits per heavy atom. The van der Waals surface area contributed by atoms with Crippen molar-refractivity contribution in [3.63, 3.8) is 0 Å². The van der Waals surface area contributed by atoms with E-state index in [9.17, 15) is 0 Å². The first kappa shape index (κ1) is 15.1. The first-order valence-corrected chi connectivity index (χ1v) is 8.72. The summed E-state index contributed by atoms with van der Waals surface area (Å²) in [4.78, 5) is 6.20. The van der Waals surface area contributed by atoms with E-state index in [1.165, 1.54) is 11.3 Å². The maximum Gasteiger partial charge on any atom is 0.110 e. The Kier molecular flexibility index (Phi) is 4.98. The molecule has 0 aliphatic rings. The second-order valence-corrected chi connectivity index (χ2v) is 7.55. The zero-order chi connectivity index (χ0) is 14.7. The van der Waals surface area contributed by atoms with Crippen LogP contribution in [-0.4, -0.2) is 9.55 Å². The van der Waals surface area contributed by atoms with Gasteiger partial charge in [0.1, 0.15) is 6.10 Å². The van der Waals surface area contributed by atoms with Crippen molar-refractivity contribution in [2.45, 2.75) is 19.3 Å². The number of aromatic nitrogens is 2. The molecule has 3 heterocycles. The van der Waals surface area contributed by atoms with E-state index in [0.29, 0.717) is 13.2 Å². The summed E-state index contributed by atoms with van der Waals surface area (Å²) in [5.41, 5.74) is 0. The number of hydrogen-bond acceptors (Lipinski definition) is 4. The topological polar surface area (TPSA) is 27.1 Å². The number of hydrogen-bond donors (Lipinski definition) is 0. The predicted octanol–water partition coefficient (Wildman–Crippen LogP) is 5.27. The highest BCUT2D eigenvalue weighted by atomic mass is 35.5. The average molecular weight is 359 g/mol. The van der Waals surface area contributed by atoms with E-state index in [-0.39, 0.29) is 6.10 Å². The zero-order valence-electron chi connectivity index (χ0n) is 10.9. The molecule has 1 atom stereocenters. The van der Waals surface area contributed by atoms with Gasteiger partial charge in [-0.05, 0) is 23.6 Å². The minimum absolute atomic E-state index is 0.0742. The highest BCUT2D eigenvalue weighted by Gasteiger charge is 2.16. The van der Waals surface area contributed by atoms with Gasteiger partial charge >= 0.3 is 0 Å². The maximum atomic E-state index is 6.11. The molecule has 0 saturated heterocycles. The number of imidazole rings is 1. The molecule has 0 saturated carbocycles. The van der Waals surface area contributed by atoms with Crippen molar-refractivity contribution in [3.8, 4) is 0 Å². The Morgan fingerprint density at radius 3 is 2.81 bits per heavy atom. The van der Waals surface area contributed by atoms with Crippen LogP contribution in [0.15, 0.2) is 42.3 Å². The van der Waals surface area contributed by atoms with E-state index in [1.807, 2.05) is 34.3 Å². The van der Waals surface area contributed by atoms with Gasteiger partial charge in [0.05, 0.1) is 28.8 Å². The van der Waals surface area contributed by atoms with Gasteiger partial charge in [0, 0.05) is 22.1 Å². The first-order valence-electron chi connectivity index (χ1n) is 6.27. The molecule has 0 fully saturated rings. The van der Waals surface area contributed by atoms with Crippen LogP contribution in [0.25, 0.3) is 0 Å². The maximum absolute atomic E-state index is 6.11. The van der Waals surface area contributed by atoms with Crippen molar-refractivity contribution < 1.29 is 4.74 Å². The first-order chi connectivity index (χ1) is 10.2. The van der Waals surface area contributed by atoms with Crippen LogP contribution in [0, 0.1) is 0 Å². The second-order valence-electron chi connectivity index (χ2n) is 4.39. The smallest absolute Gasteiger partial charge is 0.110 e. The Labute approximate surface area is 140 Å². The minimum Gasteiger partial charge on any atom is -0.365 e. The lowest BCUT2D eigenvalue weighted by Gasteiger charge is -2.17. The quantitative estimate of drug-likeness (QED) is 0.599. The highest BCUT2D eigenvalue weighted by Crippen LogP contribution is 2.32. The van der Waals surface area contributed by atoms with Gasteiger partial charge in [-0.15, -0.1) is 22.7 Å². The molecule has 3 aromatic heterocycles. The molecule has 21 heavy (non-hydrogen) atoms. The summed E-state index contributed by atoms with van der Waals surface area (Å²) in [6.07, 6.45) is 5.39. The van der Waals surface area contributed by atoms with Gasteiger partial charge in [0.25, 0.3) is 0 Å². The Bertz CT molecular complexity index is 693. The van der Waals surface area contributed by atoms with E-state index in [4.69, 9.17) is 27.9 Å². The molecule has 0 spiro atoms. The van der Waals surface area contributed by atoms with Gasteiger partial charge in [-0.25, -0.2) is 4.98 Å². The lowest BCUT2D eigenvalue weighted by Crippen LogP contribution is -2.10. The number of ether oxygens (including phenoxy) is 1. The number of nitrogens with zero attached hydrogens (tertiary/aromatic N) is 2. The van der Waals surface area contributed by atoms with Gasteiger partial charge < -0.3 is 9.30 Å². The molecular weight excluding hydrogens is 347 g/mol. The van der Waals surface area contributed by atoms with E-state index in [2.05, 4.69) is 4.98 Å². The van der Waals surface area contributed by atoms with Gasteiger partial charge in [-0.1, -0.05) is 23.2 Å². The van der Waals surface area contributed by atoms with Crippen molar-refractivity contribution in [3.05, 3.63) is 61.4 Å². The van der Waals surface area contributed by atoms with Crippen LogP contribution < -0.4 is 0 Å². The predicted molar refractivity (Wildman–Crippen MR) is 88.4 cm³/mol. The molecule has 3 nitrogen and oxygen atoms in total. The summed E-state index contributed by atoms with van der Waals surface area (Å²) in [6, 6.07) is 5.78. The van der Waals surface area contributed by atoms with Crippen LogP contribution in [0.3, 0.4) is 0 Å². The molecule has 110 valence electrons. The molecule has 0 aliphatic heterocycles. The largest absolute Gasteiger partial charge is 0.365 e. The number of halogens is 2. The third-order valence-electron chi connectivity index (χ3n) is 2.95. The molecule has 0 aliphatic carbocycles. The van der Waals surface area contributed by atoms with E-state index in [0.717, 1.165) is 19.1 Å². The Hall–Kier alpha value is -0.850. The summed E-state index contributed by atoms with van der Waals surface area (Å²) in [6.45, 7) is 1.19. The van der Waals surface area contributed by atoms with Crippen LogP contribution >= 0.6 is 45.9 Å². The zero-order valence-corrected chi connectivity index (χ0v) is 14.1. The third-order valence-corrected chi connectivity index (χ3v) is 5.64. The molecule has 0 bridgehead atoms. The van der Waals surface area contributed by atoms with Crippen molar-refractivity contribution in [1.29, 1.82) is 0 Å². The number of rotatable bonds is 6. The fraction of sp³-hybridized carbons (Fsp3) is 0.214. The standard InChI is InChI=1S/C14H12Cl2N2OS2/c15-10-3-6-20-13(10)8-19-11(7-18-5-4-17-9-18)12-1-2-14(16)21-12/h1-6,9,11H,7-8H2. The molecule has 7 heteroatoms. The fourth-order valence-electron chi connectivity index (χ4n) is 1.92. The van der Waals surface area contributed by atoms with E-state index >= 15 is 0 Å². The lowest BCUT2D eigenvalue weighted by atomic mass is 10.3. The monoisotopic (exact) mass is 358 g/mol. The van der Waals surface area contributed by atoms with E-state index in [1.54, 1.807) is 23.9 Å². The molecule has 1 unspecified atom stereocenters. The lowest BCUT2D eigenvalue weighted by molar-refractivity contribution is 0.0319. The summed E-state index contributed by atoms with van der Waals surface area (Å²) >= 11 is 15.3. The normalized spacial score (nSPS) is 12.7. The molecule has 0 amide bonds. The second kappa shape index (κ2) is 6.94. The fourth-order valence-corrected chi connectivity index (χ4v) is 4.03. The minimum atomic E-state index is -0.0742. The molecule has 0 N–H and O–H groups in total. The van der Waals surface area contributed by atoms with Crippen molar-refractivity contribution in [2.24, 2.45) is 0 Å². The van der Waals surface area contributed by atoms with E-state index < -0.39 is 0 Å². The average Bonchev–Trinajstić information content (AvgIpc) is 3.18. The van der Waals surface area contributed by atoms with Crippen molar-refractivity contribution in [1.82, 2.24) is 9.55 Å². The highest BCUT2D eigenvalue weighted by molar-refractivity contribution is 7.16. The van der Waals surface area contributed by atoms with Crippen LogP contribution in [0.2, 0.25) is 9.36 Å². The third kappa shape index (κ3) is 3.87. The van der Waals surface area contributed by atoms with Gasteiger partial charge in [-0.2, -0.15) is 0 Å². The van der Waals surface area contributed by atoms with Crippen LogP contribution in [0.4, 0.5) is 0 Å². The molecule has 3 aromatic rings. The Morgan fingerprint density at radius 2 is 2.19 bits per heavy atom. The van der Waals surface area contributed by atoms with Crippen molar-refractivity contribution >= 4 is 45.9 Å². The summed E-state index contributed by atoms with van der Waals surface area (Å²) in [5.74, 6) is 0. The van der Waals surface area contributed by atoms with Crippen molar-refractivity contribution in [2.75, 3.05) is 0 Å². The van der Waals surface area contributed by atoms with Gasteiger partial charge in [0.2, 0.25) is 0 Å². The number of thiophene rings is 2. The molecule has 0 aromatic carbocycles. The summed E-state index contributed by atoms with van der Waals surface area (Å²) < 4.78 is 8.83. The van der Waals surface area contributed by atoms with Crippen LogP contribution in [0.5, 0.6) is 0 Å². The molecule has 3 rings (SSSR count). The van der Waals surface area contributed by atoms with Crippen LogP contribution in [0.1, 0.15) is 15.9 Å². The van der Waals surface area contributed by atoms with Crippen LogP contribution in [-0.2, 0) is 17.9 Å². The van der Waals surface area contributed by atoms with Gasteiger partial charge in [0.15, 0.2) is 0 Å². The molecule has 0 radical (unpaired) electrons. The Balaban J connectivity index is 1.74. The van der Waals surface area contributed by atoms with Gasteiger partial charge in [-0.3, -0.25) is 0 Å². The summed E-state index contributed by atoms with van der Waals surface area (Å²) in [7, 11) is 0. The SMILES string of the molecule is Clc1ccc(C(Cn2ccnc2)OCc2sccc2Cl)s1. The summed E-state index contributed by atoms with van der Waals surface area (Å²) in [5, 5.41) is 2.72.